The fourth-order valence-corrected chi connectivity index (χ4v) is 5.41. The minimum Gasteiger partial charge on any atom is -0.399 e. The van der Waals surface area contributed by atoms with Gasteiger partial charge >= 0.3 is 0 Å². The molecule has 0 amide bonds. The molecular weight excluding hydrogens is 438 g/mol. The van der Waals surface area contributed by atoms with E-state index in [0.717, 1.165) is 78.0 Å². The summed E-state index contributed by atoms with van der Waals surface area (Å²) >= 11 is 0. The molecule has 2 atom stereocenters. The van der Waals surface area contributed by atoms with E-state index in [1.54, 1.807) is 0 Å². The SMILES string of the molecule is C=C(N)c1cc(-c2n[nH]c(-c3cc(C)nn3CC)n2)c2cnn(CCN3CC(C)CC(C)C3)c2c1. The zero-order chi connectivity index (χ0) is 24.7. The molecule has 1 aliphatic rings. The second-order valence-electron chi connectivity index (χ2n) is 10.0. The van der Waals surface area contributed by atoms with Crippen LogP contribution in [0.15, 0.2) is 31.0 Å². The predicted molar refractivity (Wildman–Crippen MR) is 139 cm³/mol. The Hall–Kier alpha value is -3.46. The Bertz CT molecular complexity index is 1350. The van der Waals surface area contributed by atoms with Gasteiger partial charge in [0, 0.05) is 42.8 Å². The maximum absolute atomic E-state index is 6.14. The summed E-state index contributed by atoms with van der Waals surface area (Å²) in [5, 5.41) is 17.9. The topological polar surface area (TPSA) is 106 Å². The van der Waals surface area contributed by atoms with E-state index >= 15 is 0 Å². The standard InChI is InChI=1S/C26H35N9/c1-6-34-24(10-18(4)32-34)26-29-25(30-31-26)21-11-20(19(5)27)12-23-22(21)13-28-35(23)8-7-33-14-16(2)9-17(3)15-33/h10-13,16-17H,5-9,14-15,27H2,1-4H3,(H,29,30,31). The molecule has 2 unspecified atom stereocenters. The summed E-state index contributed by atoms with van der Waals surface area (Å²) in [6.07, 6.45) is 3.22. The Labute approximate surface area is 206 Å². The maximum Gasteiger partial charge on any atom is 0.182 e. The van der Waals surface area contributed by atoms with Gasteiger partial charge in [0.15, 0.2) is 11.6 Å². The lowest BCUT2D eigenvalue weighted by atomic mass is 9.92. The van der Waals surface area contributed by atoms with Crippen LogP contribution in [-0.2, 0) is 13.1 Å². The van der Waals surface area contributed by atoms with Gasteiger partial charge in [-0.05, 0) is 55.9 Å². The van der Waals surface area contributed by atoms with Crippen molar-refractivity contribution in [2.24, 2.45) is 17.6 Å². The van der Waals surface area contributed by atoms with Crippen molar-refractivity contribution >= 4 is 16.6 Å². The molecule has 3 N–H and O–H groups in total. The highest BCUT2D eigenvalue weighted by Crippen LogP contribution is 2.31. The minimum atomic E-state index is 0.509. The molecule has 1 saturated heterocycles. The second-order valence-corrected chi connectivity index (χ2v) is 10.0. The molecule has 0 bridgehead atoms. The van der Waals surface area contributed by atoms with Crippen LogP contribution < -0.4 is 5.73 Å². The lowest BCUT2D eigenvalue weighted by molar-refractivity contribution is 0.136. The molecular formula is C26H35N9. The first-order valence-electron chi connectivity index (χ1n) is 12.5. The number of aromatic nitrogens is 7. The van der Waals surface area contributed by atoms with E-state index < -0.39 is 0 Å². The van der Waals surface area contributed by atoms with Crippen molar-refractivity contribution in [3.63, 3.8) is 0 Å². The molecule has 0 radical (unpaired) electrons. The lowest BCUT2D eigenvalue weighted by Gasteiger charge is -2.34. The van der Waals surface area contributed by atoms with Gasteiger partial charge < -0.3 is 10.6 Å². The van der Waals surface area contributed by atoms with E-state index in [9.17, 15) is 0 Å². The molecule has 35 heavy (non-hydrogen) atoms. The van der Waals surface area contributed by atoms with Gasteiger partial charge in [0.25, 0.3) is 0 Å². The van der Waals surface area contributed by atoms with Crippen molar-refractivity contribution in [3.8, 4) is 22.9 Å². The Kier molecular flexibility index (Phi) is 6.19. The number of aryl methyl sites for hydroxylation is 2. The third-order valence-electron chi connectivity index (χ3n) is 6.88. The van der Waals surface area contributed by atoms with Crippen molar-refractivity contribution in [3.05, 3.63) is 42.2 Å². The first-order chi connectivity index (χ1) is 16.8. The van der Waals surface area contributed by atoms with Crippen LogP contribution in [0.4, 0.5) is 0 Å². The number of nitrogens with one attached hydrogen (secondary N) is 1. The van der Waals surface area contributed by atoms with Crippen molar-refractivity contribution in [1.29, 1.82) is 0 Å². The van der Waals surface area contributed by atoms with E-state index in [-0.39, 0.29) is 0 Å². The highest BCUT2D eigenvalue weighted by molar-refractivity contribution is 5.95. The lowest BCUT2D eigenvalue weighted by Crippen LogP contribution is -2.40. The number of hydrogen-bond acceptors (Lipinski definition) is 6. The van der Waals surface area contributed by atoms with Crippen molar-refractivity contribution < 1.29 is 0 Å². The predicted octanol–water partition coefficient (Wildman–Crippen LogP) is 3.92. The molecule has 4 aromatic rings. The molecule has 1 aliphatic heterocycles. The van der Waals surface area contributed by atoms with Gasteiger partial charge in [-0.2, -0.15) is 15.3 Å². The number of hydrogen-bond donors (Lipinski definition) is 2. The van der Waals surface area contributed by atoms with Crippen LogP contribution in [0, 0.1) is 18.8 Å². The van der Waals surface area contributed by atoms with Gasteiger partial charge in [-0.1, -0.05) is 20.4 Å². The van der Waals surface area contributed by atoms with Crippen LogP contribution in [0.25, 0.3) is 39.5 Å². The van der Waals surface area contributed by atoms with Crippen molar-refractivity contribution in [1.82, 2.24) is 39.6 Å². The average Bonchev–Trinajstić information content (AvgIpc) is 3.54. The van der Waals surface area contributed by atoms with Gasteiger partial charge in [-0.15, -0.1) is 0 Å². The summed E-state index contributed by atoms with van der Waals surface area (Å²) in [6.45, 7) is 17.5. The number of nitrogens with two attached hydrogens (primary N) is 1. The van der Waals surface area contributed by atoms with Gasteiger partial charge in [0.05, 0.1) is 24.0 Å². The quantitative estimate of drug-likeness (QED) is 0.421. The van der Waals surface area contributed by atoms with Gasteiger partial charge in [-0.25, -0.2) is 4.98 Å². The molecule has 5 rings (SSSR count). The van der Waals surface area contributed by atoms with E-state index in [4.69, 9.17) is 15.8 Å². The zero-order valence-electron chi connectivity index (χ0n) is 21.1. The Morgan fingerprint density at radius 2 is 1.91 bits per heavy atom. The largest absolute Gasteiger partial charge is 0.399 e. The smallest absolute Gasteiger partial charge is 0.182 e. The third kappa shape index (κ3) is 4.60. The Morgan fingerprint density at radius 1 is 1.14 bits per heavy atom. The number of piperidine rings is 1. The Morgan fingerprint density at radius 3 is 2.63 bits per heavy atom. The summed E-state index contributed by atoms with van der Waals surface area (Å²) in [5.41, 5.74) is 11.3. The number of rotatable bonds is 7. The fourth-order valence-electron chi connectivity index (χ4n) is 5.41. The second kappa shape index (κ2) is 9.30. The third-order valence-corrected chi connectivity index (χ3v) is 6.88. The minimum absolute atomic E-state index is 0.509. The number of fused-ring (bicyclic) bond motifs is 1. The number of aromatic amines is 1. The number of nitrogens with zero attached hydrogens (tertiary/aromatic N) is 7. The van der Waals surface area contributed by atoms with Crippen LogP contribution >= 0.6 is 0 Å². The summed E-state index contributed by atoms with van der Waals surface area (Å²) < 4.78 is 3.99. The monoisotopic (exact) mass is 473 g/mol. The molecule has 3 aromatic heterocycles. The number of H-pyrrole nitrogens is 1. The van der Waals surface area contributed by atoms with E-state index in [1.165, 1.54) is 6.42 Å². The molecule has 0 aliphatic carbocycles. The van der Waals surface area contributed by atoms with Gasteiger partial charge in [0.2, 0.25) is 0 Å². The van der Waals surface area contributed by atoms with E-state index in [1.807, 2.05) is 29.9 Å². The molecule has 1 fully saturated rings. The number of likely N-dealkylation sites (tertiary alicyclic amines) is 1. The molecule has 9 heteroatoms. The summed E-state index contributed by atoms with van der Waals surface area (Å²) in [7, 11) is 0. The van der Waals surface area contributed by atoms with Crippen molar-refractivity contribution in [2.75, 3.05) is 19.6 Å². The van der Waals surface area contributed by atoms with Crippen LogP contribution in [0.1, 0.15) is 38.4 Å². The van der Waals surface area contributed by atoms with Gasteiger partial charge in [-0.3, -0.25) is 14.5 Å². The van der Waals surface area contributed by atoms with Crippen molar-refractivity contribution in [2.45, 2.75) is 47.2 Å². The van der Waals surface area contributed by atoms with Crippen LogP contribution in [0.5, 0.6) is 0 Å². The first-order valence-corrected chi connectivity index (χ1v) is 12.5. The maximum atomic E-state index is 6.14. The zero-order valence-corrected chi connectivity index (χ0v) is 21.1. The van der Waals surface area contributed by atoms with Crippen LogP contribution in [0.3, 0.4) is 0 Å². The number of benzene rings is 1. The summed E-state index contributed by atoms with van der Waals surface area (Å²) in [6, 6.07) is 6.08. The van der Waals surface area contributed by atoms with E-state index in [2.05, 4.69) is 58.3 Å². The fraction of sp³-hybridized carbons (Fsp3) is 0.462. The van der Waals surface area contributed by atoms with Gasteiger partial charge in [0.1, 0.15) is 5.69 Å². The molecule has 4 heterocycles. The molecule has 0 saturated carbocycles. The molecule has 9 nitrogen and oxygen atoms in total. The summed E-state index contributed by atoms with van der Waals surface area (Å²) in [5.74, 6) is 2.76. The molecule has 1 aromatic carbocycles. The average molecular weight is 474 g/mol. The first kappa shape index (κ1) is 23.3. The molecule has 0 spiro atoms. The normalized spacial score (nSPS) is 19.0. The Balaban J connectivity index is 1.49. The van der Waals surface area contributed by atoms with Crippen LogP contribution in [-0.4, -0.2) is 59.3 Å². The van der Waals surface area contributed by atoms with E-state index in [0.29, 0.717) is 17.3 Å². The molecule has 184 valence electrons. The summed E-state index contributed by atoms with van der Waals surface area (Å²) in [4.78, 5) is 7.38. The van der Waals surface area contributed by atoms with Crippen LogP contribution in [0.2, 0.25) is 0 Å². The highest BCUT2D eigenvalue weighted by Gasteiger charge is 2.22. The highest BCUT2D eigenvalue weighted by atomic mass is 15.3.